The lowest BCUT2D eigenvalue weighted by atomic mass is 10.0. The van der Waals surface area contributed by atoms with Crippen LogP contribution in [0.2, 0.25) is 0 Å². The molecular weight excluding hydrogens is 316 g/mol. The molecule has 0 saturated heterocycles. The fraction of sp³-hybridized carbons (Fsp3) is 0.118. The number of fused-ring (bicyclic) bond motifs is 1. The molecule has 3 heteroatoms. The van der Waals surface area contributed by atoms with Crippen LogP contribution >= 0.6 is 15.9 Å². The van der Waals surface area contributed by atoms with Crippen molar-refractivity contribution in [1.82, 2.24) is 0 Å². The Morgan fingerprint density at radius 2 is 1.75 bits per heavy atom. The number of hydrogen-bond acceptors (Lipinski definition) is 2. The number of hydrogen-bond donors (Lipinski definition) is 0. The van der Waals surface area contributed by atoms with Crippen LogP contribution in [0.3, 0.4) is 0 Å². The molecule has 0 unspecified atom stereocenters. The molecule has 0 aliphatic carbocycles. The molecule has 0 saturated carbocycles. The van der Waals surface area contributed by atoms with Gasteiger partial charge in [-0.3, -0.25) is 4.79 Å². The van der Waals surface area contributed by atoms with E-state index in [1.54, 1.807) is 0 Å². The fourth-order valence-electron chi connectivity index (χ4n) is 2.25. The van der Waals surface area contributed by atoms with E-state index >= 15 is 0 Å². The molecular formula is C17H13BrO2. The molecule has 3 aromatic rings. The summed E-state index contributed by atoms with van der Waals surface area (Å²) in [5, 5.41) is 0.967. The van der Waals surface area contributed by atoms with Crippen molar-refractivity contribution in [2.45, 2.75) is 13.8 Å². The molecule has 0 bridgehead atoms. The molecule has 0 atom stereocenters. The number of ketones is 1. The second-order valence-corrected chi connectivity index (χ2v) is 5.81. The number of carbonyl (C=O) groups excluding carboxylic acids is 1. The molecule has 20 heavy (non-hydrogen) atoms. The SMILES string of the molecule is Cc1ccc(C(=O)c2oc3ccc(Br)cc3c2C)cc1. The standard InChI is InChI=1S/C17H13BrO2/c1-10-3-5-12(6-4-10)16(19)17-11(2)14-9-13(18)7-8-15(14)20-17/h3-9H,1-2H3. The average Bonchev–Trinajstić information content (AvgIpc) is 2.76. The first-order valence-electron chi connectivity index (χ1n) is 6.36. The lowest BCUT2D eigenvalue weighted by Gasteiger charge is -1.99. The molecule has 0 spiro atoms. The normalized spacial score (nSPS) is 10.9. The fourth-order valence-corrected chi connectivity index (χ4v) is 2.61. The van der Waals surface area contributed by atoms with Crippen molar-refractivity contribution >= 4 is 32.7 Å². The van der Waals surface area contributed by atoms with Gasteiger partial charge in [-0.05, 0) is 32.0 Å². The van der Waals surface area contributed by atoms with E-state index in [9.17, 15) is 4.79 Å². The summed E-state index contributed by atoms with van der Waals surface area (Å²) in [4.78, 5) is 12.5. The number of rotatable bonds is 2. The third kappa shape index (κ3) is 2.18. The van der Waals surface area contributed by atoms with Crippen molar-refractivity contribution in [3.8, 4) is 0 Å². The Morgan fingerprint density at radius 1 is 1.05 bits per heavy atom. The van der Waals surface area contributed by atoms with Gasteiger partial charge in [0.2, 0.25) is 5.78 Å². The van der Waals surface area contributed by atoms with E-state index in [1.807, 2.05) is 56.3 Å². The first-order chi connectivity index (χ1) is 9.56. The van der Waals surface area contributed by atoms with Crippen LogP contribution in [0.15, 0.2) is 51.4 Å². The lowest BCUT2D eigenvalue weighted by Crippen LogP contribution is -2.01. The van der Waals surface area contributed by atoms with Crippen molar-refractivity contribution in [2.24, 2.45) is 0 Å². The van der Waals surface area contributed by atoms with Crippen LogP contribution in [-0.2, 0) is 0 Å². The Balaban J connectivity index is 2.12. The zero-order valence-corrected chi connectivity index (χ0v) is 12.8. The minimum Gasteiger partial charge on any atom is -0.452 e. The summed E-state index contributed by atoms with van der Waals surface area (Å²) >= 11 is 3.44. The molecule has 1 heterocycles. The van der Waals surface area contributed by atoms with Crippen LogP contribution in [0.5, 0.6) is 0 Å². The molecule has 0 N–H and O–H groups in total. The maximum atomic E-state index is 12.5. The highest BCUT2D eigenvalue weighted by Gasteiger charge is 2.19. The van der Waals surface area contributed by atoms with Gasteiger partial charge in [-0.1, -0.05) is 45.8 Å². The van der Waals surface area contributed by atoms with Crippen LogP contribution in [0.4, 0.5) is 0 Å². The van der Waals surface area contributed by atoms with E-state index in [-0.39, 0.29) is 5.78 Å². The van der Waals surface area contributed by atoms with Crippen LogP contribution in [-0.4, -0.2) is 5.78 Å². The van der Waals surface area contributed by atoms with Gasteiger partial charge in [-0.15, -0.1) is 0 Å². The van der Waals surface area contributed by atoms with Crippen LogP contribution in [0.1, 0.15) is 27.2 Å². The summed E-state index contributed by atoms with van der Waals surface area (Å²) in [6.45, 7) is 3.91. The van der Waals surface area contributed by atoms with Crippen LogP contribution in [0, 0.1) is 13.8 Å². The summed E-state index contributed by atoms with van der Waals surface area (Å²) in [6, 6.07) is 13.3. The summed E-state index contributed by atoms with van der Waals surface area (Å²) in [7, 11) is 0. The van der Waals surface area contributed by atoms with E-state index in [0.29, 0.717) is 11.3 Å². The number of halogens is 1. The first kappa shape index (κ1) is 13.1. The lowest BCUT2D eigenvalue weighted by molar-refractivity contribution is 0.101. The van der Waals surface area contributed by atoms with E-state index in [1.165, 1.54) is 0 Å². The van der Waals surface area contributed by atoms with Gasteiger partial charge in [0.15, 0.2) is 5.76 Å². The monoisotopic (exact) mass is 328 g/mol. The van der Waals surface area contributed by atoms with Gasteiger partial charge < -0.3 is 4.42 Å². The van der Waals surface area contributed by atoms with Gasteiger partial charge in [-0.25, -0.2) is 0 Å². The Labute approximate surface area is 125 Å². The van der Waals surface area contributed by atoms with E-state index in [0.717, 1.165) is 26.6 Å². The zero-order valence-electron chi connectivity index (χ0n) is 11.2. The van der Waals surface area contributed by atoms with Gasteiger partial charge >= 0.3 is 0 Å². The van der Waals surface area contributed by atoms with Crippen LogP contribution < -0.4 is 0 Å². The van der Waals surface area contributed by atoms with Crippen molar-refractivity contribution in [3.63, 3.8) is 0 Å². The molecule has 2 aromatic carbocycles. The Morgan fingerprint density at radius 3 is 2.45 bits per heavy atom. The second kappa shape index (κ2) is 4.91. The summed E-state index contributed by atoms with van der Waals surface area (Å²) < 4.78 is 6.71. The molecule has 3 rings (SSSR count). The number of furan rings is 1. The van der Waals surface area contributed by atoms with Crippen molar-refractivity contribution in [1.29, 1.82) is 0 Å². The largest absolute Gasteiger partial charge is 0.452 e. The summed E-state index contributed by atoms with van der Waals surface area (Å²) in [5.41, 5.74) is 3.40. The van der Waals surface area contributed by atoms with E-state index in [2.05, 4.69) is 15.9 Å². The zero-order chi connectivity index (χ0) is 14.3. The molecule has 0 aliphatic rings. The Kier molecular flexibility index (Phi) is 3.22. The van der Waals surface area contributed by atoms with E-state index in [4.69, 9.17) is 4.42 Å². The molecule has 0 amide bonds. The number of carbonyl (C=O) groups is 1. The first-order valence-corrected chi connectivity index (χ1v) is 7.15. The highest BCUT2D eigenvalue weighted by Crippen LogP contribution is 2.29. The van der Waals surface area contributed by atoms with Crippen molar-refractivity contribution < 1.29 is 9.21 Å². The number of benzene rings is 2. The minimum absolute atomic E-state index is 0.0742. The Bertz CT molecular complexity index is 798. The number of aryl methyl sites for hydroxylation is 2. The minimum atomic E-state index is -0.0742. The molecule has 0 radical (unpaired) electrons. The third-order valence-corrected chi connectivity index (χ3v) is 3.91. The van der Waals surface area contributed by atoms with Gasteiger partial charge in [0.25, 0.3) is 0 Å². The summed E-state index contributed by atoms with van der Waals surface area (Å²) in [5.74, 6) is 0.344. The maximum absolute atomic E-state index is 12.5. The maximum Gasteiger partial charge on any atom is 0.228 e. The Hall–Kier alpha value is -1.87. The van der Waals surface area contributed by atoms with Crippen molar-refractivity contribution in [2.75, 3.05) is 0 Å². The van der Waals surface area contributed by atoms with Crippen LogP contribution in [0.25, 0.3) is 11.0 Å². The molecule has 0 fully saturated rings. The molecule has 2 nitrogen and oxygen atoms in total. The third-order valence-electron chi connectivity index (χ3n) is 3.42. The quantitative estimate of drug-likeness (QED) is 0.616. The van der Waals surface area contributed by atoms with Gasteiger partial charge in [0, 0.05) is 21.0 Å². The second-order valence-electron chi connectivity index (χ2n) is 4.89. The highest BCUT2D eigenvalue weighted by atomic mass is 79.9. The summed E-state index contributed by atoms with van der Waals surface area (Å²) in [6.07, 6.45) is 0. The van der Waals surface area contributed by atoms with Gasteiger partial charge in [0.05, 0.1) is 0 Å². The van der Waals surface area contributed by atoms with Gasteiger partial charge in [0.1, 0.15) is 5.58 Å². The smallest absolute Gasteiger partial charge is 0.228 e. The topological polar surface area (TPSA) is 30.2 Å². The molecule has 100 valence electrons. The van der Waals surface area contributed by atoms with Crippen molar-refractivity contribution in [3.05, 3.63) is 69.4 Å². The van der Waals surface area contributed by atoms with E-state index < -0.39 is 0 Å². The average molecular weight is 329 g/mol. The predicted octanol–water partition coefficient (Wildman–Crippen LogP) is 5.04. The molecule has 1 aromatic heterocycles. The predicted molar refractivity (Wildman–Crippen MR) is 83.3 cm³/mol. The molecule has 0 aliphatic heterocycles. The highest BCUT2D eigenvalue weighted by molar-refractivity contribution is 9.10. The van der Waals surface area contributed by atoms with Gasteiger partial charge in [-0.2, -0.15) is 0 Å².